The lowest BCUT2D eigenvalue weighted by Crippen LogP contribution is -2.60. The number of fused-ring (bicyclic) bond motifs is 1. The minimum absolute atomic E-state index is 0.0577. The van der Waals surface area contributed by atoms with Gasteiger partial charge >= 0.3 is 12.3 Å². The van der Waals surface area contributed by atoms with E-state index in [0.29, 0.717) is 13.8 Å². The van der Waals surface area contributed by atoms with Crippen molar-refractivity contribution >= 4 is 33.4 Å². The Morgan fingerprint density at radius 1 is 1.23 bits per heavy atom. The lowest BCUT2D eigenvalue weighted by Gasteiger charge is -2.43. The summed E-state index contributed by atoms with van der Waals surface area (Å²) in [6, 6.07) is 3.29. The number of rotatable bonds is 7. The summed E-state index contributed by atoms with van der Waals surface area (Å²) in [5.41, 5.74) is -4.40. The van der Waals surface area contributed by atoms with Crippen LogP contribution < -0.4 is 24.0 Å². The first-order valence-corrected chi connectivity index (χ1v) is 13.4. The third-order valence-electron chi connectivity index (χ3n) is 6.81. The van der Waals surface area contributed by atoms with Crippen LogP contribution in [0.25, 0.3) is 0 Å². The summed E-state index contributed by atoms with van der Waals surface area (Å²) in [6.45, 7) is 7.03. The van der Waals surface area contributed by atoms with E-state index in [1.165, 1.54) is 38.8 Å². The molecule has 0 aliphatic carbocycles. The van der Waals surface area contributed by atoms with E-state index in [1.54, 1.807) is 13.8 Å². The maximum atomic E-state index is 14.2. The highest BCUT2D eigenvalue weighted by atomic mass is 32.2. The van der Waals surface area contributed by atoms with Crippen molar-refractivity contribution in [3.05, 3.63) is 23.9 Å². The van der Waals surface area contributed by atoms with E-state index in [1.807, 2.05) is 0 Å². The first-order valence-electron chi connectivity index (χ1n) is 12.0. The smallest absolute Gasteiger partial charge is 0.412 e. The third-order valence-corrected chi connectivity index (χ3v) is 8.72. The summed E-state index contributed by atoms with van der Waals surface area (Å²) in [4.78, 5) is 23.7. The standard InChI is InChI=1S/C24H32F3N5O7S/c1-13-19(20(38-8)29-30(13)7)40(36,37)31-12-18(22(3,4)28-14(2)33)39-17-10-9-15(11-16(17)31)32(21(34)35)23(5,6)24(25,26)27/h9-11,18H,12H2,1-8H3,(H,28,33)(H,34,35)/t18-/m0/s1. The van der Waals surface area contributed by atoms with Gasteiger partial charge in [-0.2, -0.15) is 13.2 Å². The van der Waals surface area contributed by atoms with Crippen molar-refractivity contribution in [2.24, 2.45) is 7.05 Å². The summed E-state index contributed by atoms with van der Waals surface area (Å²) in [6.07, 6.45) is -7.82. The number of aryl methyl sites for hydroxylation is 1. The molecule has 222 valence electrons. The highest BCUT2D eigenvalue weighted by molar-refractivity contribution is 7.93. The average molecular weight is 592 g/mol. The molecule has 0 spiro atoms. The molecule has 0 fully saturated rings. The molecule has 0 radical (unpaired) electrons. The van der Waals surface area contributed by atoms with Gasteiger partial charge in [-0.3, -0.25) is 18.7 Å². The fourth-order valence-corrected chi connectivity index (χ4v) is 6.22. The quantitative estimate of drug-likeness (QED) is 0.499. The van der Waals surface area contributed by atoms with Gasteiger partial charge in [0.25, 0.3) is 15.9 Å². The van der Waals surface area contributed by atoms with Crippen LogP contribution in [0.1, 0.15) is 40.3 Å². The molecule has 1 atom stereocenters. The number of aromatic nitrogens is 2. The van der Waals surface area contributed by atoms with E-state index in [0.717, 1.165) is 16.4 Å². The summed E-state index contributed by atoms with van der Waals surface area (Å²) >= 11 is 0. The molecule has 16 heteroatoms. The number of carbonyl (C=O) groups is 2. The van der Waals surface area contributed by atoms with Crippen molar-refractivity contribution in [1.29, 1.82) is 0 Å². The van der Waals surface area contributed by atoms with E-state index < -0.39 is 51.1 Å². The molecule has 0 unspecified atom stereocenters. The zero-order valence-electron chi connectivity index (χ0n) is 23.2. The normalized spacial score (nSPS) is 16.2. The van der Waals surface area contributed by atoms with E-state index in [2.05, 4.69) is 10.4 Å². The van der Waals surface area contributed by atoms with Crippen molar-refractivity contribution in [2.75, 3.05) is 22.9 Å². The number of nitrogens with one attached hydrogen (secondary N) is 1. The fraction of sp³-hybridized carbons (Fsp3) is 0.542. The van der Waals surface area contributed by atoms with Crippen LogP contribution in [0.15, 0.2) is 23.1 Å². The number of amides is 2. The Hall–Kier alpha value is -3.69. The minimum Gasteiger partial charge on any atom is -0.484 e. The molecular formula is C24H32F3N5O7S. The number of benzene rings is 1. The van der Waals surface area contributed by atoms with Gasteiger partial charge in [-0.25, -0.2) is 13.2 Å². The van der Waals surface area contributed by atoms with Gasteiger partial charge in [-0.15, -0.1) is 5.10 Å². The molecule has 2 aromatic rings. The van der Waals surface area contributed by atoms with Crippen LogP contribution in [0.3, 0.4) is 0 Å². The first-order chi connectivity index (χ1) is 18.2. The Bertz CT molecular complexity index is 1440. The Morgan fingerprint density at radius 2 is 1.82 bits per heavy atom. The van der Waals surface area contributed by atoms with Gasteiger partial charge < -0.3 is 19.9 Å². The molecule has 2 heterocycles. The predicted molar refractivity (Wildman–Crippen MR) is 138 cm³/mol. The van der Waals surface area contributed by atoms with Crippen LogP contribution in [-0.2, 0) is 21.9 Å². The second-order valence-corrected chi connectivity index (χ2v) is 12.2. The van der Waals surface area contributed by atoms with Gasteiger partial charge in [0, 0.05) is 14.0 Å². The van der Waals surface area contributed by atoms with Crippen LogP contribution in [0.5, 0.6) is 11.6 Å². The predicted octanol–water partition coefficient (Wildman–Crippen LogP) is 3.43. The van der Waals surface area contributed by atoms with Crippen LogP contribution in [0.2, 0.25) is 0 Å². The summed E-state index contributed by atoms with van der Waals surface area (Å²) in [5, 5.41) is 16.6. The molecule has 1 aliphatic heterocycles. The Morgan fingerprint density at radius 3 is 2.33 bits per heavy atom. The summed E-state index contributed by atoms with van der Waals surface area (Å²) in [5.74, 6) is -0.676. The minimum atomic E-state index is -4.96. The summed E-state index contributed by atoms with van der Waals surface area (Å²) < 4.78 is 83.4. The van der Waals surface area contributed by atoms with E-state index in [-0.39, 0.29) is 39.4 Å². The second kappa shape index (κ2) is 10.1. The maximum absolute atomic E-state index is 14.2. The van der Waals surface area contributed by atoms with Crippen LogP contribution in [-0.4, -0.2) is 72.3 Å². The number of hydrogen-bond donors (Lipinski definition) is 2. The second-order valence-electron chi connectivity index (χ2n) is 10.4. The van der Waals surface area contributed by atoms with Gasteiger partial charge in [0.2, 0.25) is 5.91 Å². The molecular weight excluding hydrogens is 559 g/mol. The number of nitrogens with zero attached hydrogens (tertiary/aromatic N) is 4. The fourth-order valence-electron chi connectivity index (χ4n) is 4.41. The van der Waals surface area contributed by atoms with Gasteiger partial charge in [0.1, 0.15) is 17.4 Å². The van der Waals surface area contributed by atoms with Gasteiger partial charge in [0.05, 0.1) is 36.3 Å². The number of methoxy groups -OCH3 is 1. The summed E-state index contributed by atoms with van der Waals surface area (Å²) in [7, 11) is -1.79. The molecule has 1 aromatic heterocycles. The zero-order valence-corrected chi connectivity index (χ0v) is 24.1. The monoisotopic (exact) mass is 591 g/mol. The zero-order chi connectivity index (χ0) is 30.6. The van der Waals surface area contributed by atoms with Crippen molar-refractivity contribution in [2.45, 2.75) is 69.8 Å². The highest BCUT2D eigenvalue weighted by Gasteiger charge is 2.54. The van der Waals surface area contributed by atoms with Crippen LogP contribution >= 0.6 is 0 Å². The molecule has 0 saturated carbocycles. The lowest BCUT2D eigenvalue weighted by molar-refractivity contribution is -0.175. The van der Waals surface area contributed by atoms with E-state index in [9.17, 15) is 36.3 Å². The number of anilines is 2. The number of sulfonamides is 1. The molecule has 3 rings (SSSR count). The molecule has 2 amide bonds. The largest absolute Gasteiger partial charge is 0.484 e. The molecule has 2 N–H and O–H groups in total. The molecule has 0 saturated heterocycles. The number of carboxylic acid groups (broad SMARTS) is 1. The maximum Gasteiger partial charge on any atom is 0.412 e. The molecule has 1 aliphatic rings. The third kappa shape index (κ3) is 5.23. The molecule has 0 bridgehead atoms. The number of ether oxygens (including phenoxy) is 2. The number of alkyl halides is 3. The van der Waals surface area contributed by atoms with Crippen molar-refractivity contribution in [3.8, 4) is 11.6 Å². The topological polar surface area (TPSA) is 143 Å². The van der Waals surface area contributed by atoms with Crippen molar-refractivity contribution < 1.29 is 45.8 Å². The van der Waals surface area contributed by atoms with Gasteiger partial charge in [0.15, 0.2) is 4.90 Å². The number of halogens is 3. The highest BCUT2D eigenvalue weighted by Crippen LogP contribution is 2.45. The van der Waals surface area contributed by atoms with Crippen molar-refractivity contribution in [1.82, 2.24) is 15.1 Å². The van der Waals surface area contributed by atoms with E-state index >= 15 is 0 Å². The SMILES string of the molecule is COc1nn(C)c(C)c1S(=O)(=O)N1C[C@@H](C(C)(C)NC(C)=O)Oc2ccc(N(C(=O)O)C(C)(C)C(F)(F)F)cc21. The Labute approximate surface area is 229 Å². The molecule has 40 heavy (non-hydrogen) atoms. The van der Waals surface area contributed by atoms with Gasteiger partial charge in [-0.05, 0) is 52.8 Å². The average Bonchev–Trinajstić information content (AvgIpc) is 3.10. The Balaban J connectivity index is 2.30. The molecule has 12 nitrogen and oxygen atoms in total. The number of carbonyl (C=O) groups excluding carboxylic acids is 1. The molecule has 1 aromatic carbocycles. The first kappa shape index (κ1) is 30.8. The van der Waals surface area contributed by atoms with Crippen molar-refractivity contribution in [3.63, 3.8) is 0 Å². The van der Waals surface area contributed by atoms with Crippen LogP contribution in [0.4, 0.5) is 29.3 Å². The number of hydrogen-bond acceptors (Lipinski definition) is 7. The van der Waals surface area contributed by atoms with Gasteiger partial charge in [-0.1, -0.05) is 0 Å². The van der Waals surface area contributed by atoms with Crippen LogP contribution in [0, 0.1) is 6.92 Å². The lowest BCUT2D eigenvalue weighted by atomic mass is 9.95. The van der Waals surface area contributed by atoms with E-state index in [4.69, 9.17) is 9.47 Å². The Kier molecular flexibility index (Phi) is 7.75.